The zero-order chi connectivity index (χ0) is 19.5. The molecule has 1 aromatic rings. The SMILES string of the molecule is CCC(C)(C)[C@@H]1CCc2c(sc(NC(=O)/C=C/C(=O)O)c2C(=O)OC)C1. The monoisotopic (exact) mass is 379 g/mol. The predicted octanol–water partition coefficient (Wildman–Crippen LogP) is 3.66. The summed E-state index contributed by atoms with van der Waals surface area (Å²) < 4.78 is 4.90. The van der Waals surface area contributed by atoms with Gasteiger partial charge in [0.05, 0.1) is 12.7 Å². The van der Waals surface area contributed by atoms with Crippen LogP contribution < -0.4 is 5.32 Å². The van der Waals surface area contributed by atoms with E-state index in [0.717, 1.165) is 48.3 Å². The van der Waals surface area contributed by atoms with Crippen molar-refractivity contribution in [2.45, 2.75) is 46.5 Å². The number of aliphatic carboxylic acids is 1. The summed E-state index contributed by atoms with van der Waals surface area (Å²) in [5, 5.41) is 11.7. The normalized spacial score (nSPS) is 17.0. The number of carbonyl (C=O) groups is 3. The third-order valence-electron chi connectivity index (χ3n) is 5.29. The van der Waals surface area contributed by atoms with Crippen LogP contribution in [0.4, 0.5) is 5.00 Å². The number of carboxylic acids is 1. The van der Waals surface area contributed by atoms with Crippen LogP contribution in [0.15, 0.2) is 12.2 Å². The molecule has 0 fully saturated rings. The van der Waals surface area contributed by atoms with Crippen LogP contribution in [0.25, 0.3) is 0 Å². The summed E-state index contributed by atoms with van der Waals surface area (Å²) in [6.45, 7) is 6.71. The van der Waals surface area contributed by atoms with Crippen molar-refractivity contribution in [2.24, 2.45) is 11.3 Å². The van der Waals surface area contributed by atoms with E-state index in [1.807, 2.05) is 0 Å². The molecule has 6 nitrogen and oxygen atoms in total. The van der Waals surface area contributed by atoms with Crippen LogP contribution in [0.5, 0.6) is 0 Å². The first-order chi connectivity index (χ1) is 12.2. The number of hydrogen-bond donors (Lipinski definition) is 2. The lowest BCUT2D eigenvalue weighted by Gasteiger charge is -2.36. The Morgan fingerprint density at radius 3 is 2.62 bits per heavy atom. The van der Waals surface area contributed by atoms with E-state index in [-0.39, 0.29) is 5.41 Å². The Morgan fingerprint density at radius 1 is 1.35 bits per heavy atom. The van der Waals surface area contributed by atoms with Crippen molar-refractivity contribution < 1.29 is 24.2 Å². The van der Waals surface area contributed by atoms with E-state index in [1.165, 1.54) is 18.4 Å². The Bertz CT molecular complexity index is 747. The molecule has 0 unspecified atom stereocenters. The van der Waals surface area contributed by atoms with Crippen molar-refractivity contribution >= 4 is 34.2 Å². The van der Waals surface area contributed by atoms with Crippen LogP contribution in [0.2, 0.25) is 0 Å². The summed E-state index contributed by atoms with van der Waals surface area (Å²) in [7, 11) is 1.31. The highest BCUT2D eigenvalue weighted by molar-refractivity contribution is 7.17. The molecule has 1 amide bonds. The Hall–Kier alpha value is -2.15. The third-order valence-corrected chi connectivity index (χ3v) is 6.45. The average molecular weight is 379 g/mol. The molecule has 0 spiro atoms. The quantitative estimate of drug-likeness (QED) is 0.581. The maximum Gasteiger partial charge on any atom is 0.341 e. The van der Waals surface area contributed by atoms with Gasteiger partial charge in [0.25, 0.3) is 0 Å². The zero-order valence-corrected chi connectivity index (χ0v) is 16.4. The van der Waals surface area contributed by atoms with Crippen LogP contribution >= 0.6 is 11.3 Å². The predicted molar refractivity (Wildman–Crippen MR) is 101 cm³/mol. The molecule has 26 heavy (non-hydrogen) atoms. The van der Waals surface area contributed by atoms with Gasteiger partial charge in [-0.3, -0.25) is 4.79 Å². The van der Waals surface area contributed by atoms with Crippen LogP contribution in [-0.4, -0.2) is 30.1 Å². The Balaban J connectivity index is 2.34. The van der Waals surface area contributed by atoms with Gasteiger partial charge in [-0.1, -0.05) is 27.2 Å². The number of methoxy groups -OCH3 is 1. The van der Waals surface area contributed by atoms with Crippen molar-refractivity contribution in [3.05, 3.63) is 28.2 Å². The molecule has 2 rings (SSSR count). The van der Waals surface area contributed by atoms with E-state index in [9.17, 15) is 14.4 Å². The molecule has 0 aromatic carbocycles. The average Bonchev–Trinajstić information content (AvgIpc) is 2.96. The smallest absolute Gasteiger partial charge is 0.341 e. The fraction of sp³-hybridized carbons (Fsp3) is 0.526. The van der Waals surface area contributed by atoms with E-state index in [4.69, 9.17) is 9.84 Å². The molecule has 1 atom stereocenters. The lowest BCUT2D eigenvalue weighted by molar-refractivity contribution is -0.131. The van der Waals surface area contributed by atoms with Gasteiger partial charge in [0.2, 0.25) is 5.91 Å². The second-order valence-electron chi connectivity index (χ2n) is 7.14. The van der Waals surface area contributed by atoms with E-state index in [2.05, 4.69) is 26.1 Å². The van der Waals surface area contributed by atoms with Crippen molar-refractivity contribution in [1.29, 1.82) is 0 Å². The molecule has 1 aliphatic rings. The Labute approximate surface area is 157 Å². The minimum absolute atomic E-state index is 0.209. The van der Waals surface area contributed by atoms with Crippen molar-refractivity contribution in [3.8, 4) is 0 Å². The summed E-state index contributed by atoms with van der Waals surface area (Å²) >= 11 is 1.38. The summed E-state index contributed by atoms with van der Waals surface area (Å²) in [5.41, 5.74) is 1.56. The van der Waals surface area contributed by atoms with Crippen molar-refractivity contribution in [2.75, 3.05) is 12.4 Å². The number of carbonyl (C=O) groups excluding carboxylic acids is 2. The van der Waals surface area contributed by atoms with Crippen LogP contribution in [-0.2, 0) is 27.2 Å². The molecular weight excluding hydrogens is 354 g/mol. The molecule has 1 aromatic heterocycles. The number of carboxylic acid groups (broad SMARTS) is 1. The van der Waals surface area contributed by atoms with Crippen molar-refractivity contribution in [1.82, 2.24) is 0 Å². The summed E-state index contributed by atoms with van der Waals surface area (Å²) in [6.07, 6.45) is 5.40. The van der Waals surface area contributed by atoms with Gasteiger partial charge in [-0.15, -0.1) is 11.3 Å². The van der Waals surface area contributed by atoms with Gasteiger partial charge in [0.15, 0.2) is 0 Å². The number of nitrogens with one attached hydrogen (secondary N) is 1. The summed E-state index contributed by atoms with van der Waals surface area (Å²) in [4.78, 5) is 35.9. The molecule has 2 N–H and O–H groups in total. The van der Waals surface area contributed by atoms with Gasteiger partial charge in [-0.2, -0.15) is 0 Å². The highest BCUT2D eigenvalue weighted by Crippen LogP contribution is 2.45. The standard InChI is InChI=1S/C19H25NO5S/c1-5-19(2,3)11-6-7-12-13(10-11)26-17(16(12)18(24)25-4)20-14(21)8-9-15(22)23/h8-9,11H,5-7,10H2,1-4H3,(H,20,21)(H,22,23)/b9-8+/t11-/m1/s1. The number of thiophene rings is 1. The van der Waals surface area contributed by atoms with Gasteiger partial charge >= 0.3 is 11.9 Å². The number of anilines is 1. The highest BCUT2D eigenvalue weighted by atomic mass is 32.1. The number of esters is 1. The van der Waals surface area contributed by atoms with Gasteiger partial charge in [0.1, 0.15) is 5.00 Å². The number of amides is 1. The largest absolute Gasteiger partial charge is 0.478 e. The minimum Gasteiger partial charge on any atom is -0.478 e. The number of ether oxygens (including phenoxy) is 1. The molecule has 0 bridgehead atoms. The Morgan fingerprint density at radius 2 is 2.04 bits per heavy atom. The summed E-state index contributed by atoms with van der Waals surface area (Å²) in [5.74, 6) is -1.75. The molecule has 7 heteroatoms. The molecular formula is C19H25NO5S. The zero-order valence-electron chi connectivity index (χ0n) is 15.5. The first-order valence-electron chi connectivity index (χ1n) is 8.64. The van der Waals surface area contributed by atoms with E-state index >= 15 is 0 Å². The molecule has 0 aliphatic heterocycles. The van der Waals surface area contributed by atoms with Crippen LogP contribution in [0.1, 0.15) is 54.4 Å². The topological polar surface area (TPSA) is 92.7 Å². The molecule has 0 radical (unpaired) electrons. The van der Waals surface area contributed by atoms with Crippen LogP contribution in [0.3, 0.4) is 0 Å². The van der Waals surface area contributed by atoms with Gasteiger partial charge in [-0.25, -0.2) is 9.59 Å². The van der Waals surface area contributed by atoms with Gasteiger partial charge < -0.3 is 15.2 Å². The first-order valence-corrected chi connectivity index (χ1v) is 9.46. The number of fused-ring (bicyclic) bond motifs is 1. The van der Waals surface area contributed by atoms with E-state index in [0.29, 0.717) is 16.5 Å². The first kappa shape index (κ1) is 20.2. The van der Waals surface area contributed by atoms with Gasteiger partial charge in [0, 0.05) is 17.0 Å². The van der Waals surface area contributed by atoms with Crippen molar-refractivity contribution in [3.63, 3.8) is 0 Å². The number of hydrogen-bond acceptors (Lipinski definition) is 5. The maximum atomic E-state index is 12.3. The molecule has 1 aliphatic carbocycles. The highest BCUT2D eigenvalue weighted by Gasteiger charge is 2.35. The van der Waals surface area contributed by atoms with Gasteiger partial charge in [-0.05, 0) is 36.2 Å². The fourth-order valence-electron chi connectivity index (χ4n) is 3.25. The van der Waals surface area contributed by atoms with Crippen LogP contribution in [0, 0.1) is 11.3 Å². The van der Waals surface area contributed by atoms with E-state index < -0.39 is 17.8 Å². The second-order valence-corrected chi connectivity index (χ2v) is 8.25. The third kappa shape index (κ3) is 4.33. The molecule has 0 saturated carbocycles. The molecule has 0 saturated heterocycles. The maximum absolute atomic E-state index is 12.3. The van der Waals surface area contributed by atoms with E-state index in [1.54, 1.807) is 0 Å². The number of rotatable bonds is 6. The lowest BCUT2D eigenvalue weighted by Crippen LogP contribution is -2.28. The Kier molecular flexibility index (Phi) is 6.23. The lowest BCUT2D eigenvalue weighted by atomic mass is 9.69. The fourth-order valence-corrected chi connectivity index (χ4v) is 4.57. The second kappa shape index (κ2) is 8.03. The molecule has 142 valence electrons. The minimum atomic E-state index is -1.21. The molecule has 1 heterocycles. The summed E-state index contributed by atoms with van der Waals surface area (Å²) in [6, 6.07) is 0.